The first-order chi connectivity index (χ1) is 13.0. The first kappa shape index (κ1) is 24.1. The van der Waals surface area contributed by atoms with Gasteiger partial charge in [-0.15, -0.1) is 34.2 Å². The molecule has 1 atom stereocenters. The smallest absolute Gasteiger partial charge is 0.191 e. The Balaban J connectivity index is 0.00000392. The lowest BCUT2D eigenvalue weighted by atomic mass is 10.3. The number of unbranched alkanes of at least 4 members (excludes halogenated alkanes) is 1. The van der Waals surface area contributed by atoms with E-state index < -0.39 is 0 Å². The summed E-state index contributed by atoms with van der Waals surface area (Å²) in [7, 11) is 1.92. The number of ether oxygens (including phenoxy) is 1. The zero-order chi connectivity index (χ0) is 19.6. The first-order valence-electron chi connectivity index (χ1n) is 9.29. The number of aliphatic imine (C=N–C) groups is 1. The van der Waals surface area contributed by atoms with Crippen LogP contribution in [0.5, 0.6) is 5.75 Å². The van der Waals surface area contributed by atoms with Gasteiger partial charge in [0.1, 0.15) is 18.5 Å². The first-order valence-corrected chi connectivity index (χ1v) is 9.29. The molecule has 1 heterocycles. The Morgan fingerprint density at radius 1 is 1.29 bits per heavy atom. The third-order valence-electron chi connectivity index (χ3n) is 4.11. The molecular weight excluding hydrogens is 474 g/mol. The van der Waals surface area contributed by atoms with Crippen LogP contribution in [0, 0.1) is 12.7 Å². The van der Waals surface area contributed by atoms with Crippen molar-refractivity contribution in [1.82, 2.24) is 25.4 Å². The lowest BCUT2D eigenvalue weighted by Gasteiger charge is -2.18. The molecule has 9 heteroatoms. The van der Waals surface area contributed by atoms with Crippen molar-refractivity contribution in [2.24, 2.45) is 12.0 Å². The van der Waals surface area contributed by atoms with Crippen LogP contribution in [-0.4, -0.2) is 39.9 Å². The molecule has 0 radical (unpaired) electrons. The quantitative estimate of drug-likeness (QED) is 0.238. The summed E-state index contributed by atoms with van der Waals surface area (Å²) in [5.74, 6) is 2.20. The van der Waals surface area contributed by atoms with Crippen LogP contribution in [0.2, 0.25) is 0 Å². The SMILES string of the molecule is CCCCNC(=NCc1nnc(C)n1C)NCC(C)Oc1ccccc1F.I. The summed E-state index contributed by atoms with van der Waals surface area (Å²) in [6, 6.07) is 6.40. The van der Waals surface area contributed by atoms with Gasteiger partial charge < -0.3 is 19.9 Å². The van der Waals surface area contributed by atoms with E-state index in [1.807, 2.05) is 25.5 Å². The number of guanidine groups is 1. The molecule has 0 bridgehead atoms. The van der Waals surface area contributed by atoms with Crippen LogP contribution in [-0.2, 0) is 13.6 Å². The van der Waals surface area contributed by atoms with Crippen molar-refractivity contribution in [2.45, 2.75) is 46.3 Å². The maximum atomic E-state index is 13.7. The fourth-order valence-electron chi connectivity index (χ4n) is 2.34. The fourth-order valence-corrected chi connectivity index (χ4v) is 2.34. The van der Waals surface area contributed by atoms with Crippen LogP contribution in [0.1, 0.15) is 38.3 Å². The van der Waals surface area contributed by atoms with Gasteiger partial charge in [-0.3, -0.25) is 0 Å². The van der Waals surface area contributed by atoms with E-state index in [0.29, 0.717) is 19.0 Å². The second kappa shape index (κ2) is 12.5. The number of hydrogen-bond donors (Lipinski definition) is 2. The minimum Gasteiger partial charge on any atom is -0.486 e. The topological polar surface area (TPSA) is 76.4 Å². The van der Waals surface area contributed by atoms with E-state index in [-0.39, 0.29) is 41.6 Å². The van der Waals surface area contributed by atoms with E-state index in [2.05, 4.69) is 32.7 Å². The summed E-state index contributed by atoms with van der Waals surface area (Å²) in [5, 5.41) is 14.7. The molecule has 0 spiro atoms. The average Bonchev–Trinajstić information content (AvgIpc) is 2.97. The highest BCUT2D eigenvalue weighted by Crippen LogP contribution is 2.16. The van der Waals surface area contributed by atoms with Crippen LogP contribution in [0.15, 0.2) is 29.3 Å². The lowest BCUT2D eigenvalue weighted by Crippen LogP contribution is -2.42. The molecule has 0 aliphatic rings. The molecule has 2 N–H and O–H groups in total. The summed E-state index contributed by atoms with van der Waals surface area (Å²) in [5.41, 5.74) is 0. The van der Waals surface area contributed by atoms with Gasteiger partial charge >= 0.3 is 0 Å². The number of nitrogens with one attached hydrogen (secondary N) is 2. The molecule has 2 aromatic rings. The maximum Gasteiger partial charge on any atom is 0.191 e. The molecule has 1 aromatic heterocycles. The van der Waals surface area contributed by atoms with E-state index in [1.54, 1.807) is 18.2 Å². The second-order valence-corrected chi connectivity index (χ2v) is 6.41. The van der Waals surface area contributed by atoms with Crippen molar-refractivity contribution in [3.8, 4) is 5.75 Å². The molecule has 0 aliphatic carbocycles. The number of nitrogens with zero attached hydrogens (tertiary/aromatic N) is 4. The van der Waals surface area contributed by atoms with Crippen molar-refractivity contribution < 1.29 is 9.13 Å². The van der Waals surface area contributed by atoms with Gasteiger partial charge in [0.05, 0.1) is 6.54 Å². The second-order valence-electron chi connectivity index (χ2n) is 6.41. The number of para-hydroxylation sites is 1. The van der Waals surface area contributed by atoms with E-state index in [9.17, 15) is 4.39 Å². The maximum absolute atomic E-state index is 13.7. The largest absolute Gasteiger partial charge is 0.486 e. The molecule has 1 unspecified atom stereocenters. The summed E-state index contributed by atoms with van der Waals surface area (Å²) in [6.45, 7) is 7.66. The molecule has 156 valence electrons. The minimum atomic E-state index is -0.364. The molecule has 2 rings (SSSR count). The van der Waals surface area contributed by atoms with Gasteiger partial charge in [0.2, 0.25) is 0 Å². The van der Waals surface area contributed by atoms with Gasteiger partial charge in [0.25, 0.3) is 0 Å². The molecule has 0 aliphatic heterocycles. The van der Waals surface area contributed by atoms with Gasteiger partial charge in [-0.1, -0.05) is 25.5 Å². The number of benzene rings is 1. The highest BCUT2D eigenvalue weighted by Gasteiger charge is 2.10. The fraction of sp³-hybridized carbons (Fsp3) is 0.526. The zero-order valence-corrected chi connectivity index (χ0v) is 19.2. The van der Waals surface area contributed by atoms with Gasteiger partial charge in [0.15, 0.2) is 23.4 Å². The third kappa shape index (κ3) is 7.61. The number of aryl methyl sites for hydroxylation is 1. The van der Waals surface area contributed by atoms with Crippen molar-refractivity contribution in [1.29, 1.82) is 0 Å². The predicted molar refractivity (Wildman–Crippen MR) is 120 cm³/mol. The van der Waals surface area contributed by atoms with Crippen LogP contribution < -0.4 is 15.4 Å². The van der Waals surface area contributed by atoms with Crippen LogP contribution in [0.3, 0.4) is 0 Å². The van der Waals surface area contributed by atoms with E-state index in [1.165, 1.54) is 6.07 Å². The molecular formula is C19H30FIN6O. The number of hydrogen-bond acceptors (Lipinski definition) is 4. The van der Waals surface area contributed by atoms with Crippen molar-refractivity contribution in [2.75, 3.05) is 13.1 Å². The van der Waals surface area contributed by atoms with E-state index >= 15 is 0 Å². The Bertz CT molecular complexity index is 752. The summed E-state index contributed by atoms with van der Waals surface area (Å²) in [6.07, 6.45) is 1.91. The average molecular weight is 504 g/mol. The highest BCUT2D eigenvalue weighted by atomic mass is 127. The molecule has 7 nitrogen and oxygen atoms in total. The molecule has 0 saturated heterocycles. The standard InChI is InChI=1S/C19H29FN6O.HI/c1-5-6-11-21-19(23-13-18-25-24-15(3)26(18)4)22-12-14(2)27-17-10-8-7-9-16(17)20;/h7-10,14H,5-6,11-13H2,1-4H3,(H2,21,22,23);1H. The van der Waals surface area contributed by atoms with Gasteiger partial charge in [-0.05, 0) is 32.4 Å². The van der Waals surface area contributed by atoms with Crippen LogP contribution in [0.4, 0.5) is 4.39 Å². The third-order valence-corrected chi connectivity index (χ3v) is 4.11. The lowest BCUT2D eigenvalue weighted by molar-refractivity contribution is 0.214. The van der Waals surface area contributed by atoms with Gasteiger partial charge in [0, 0.05) is 13.6 Å². The Kier molecular flexibility index (Phi) is 10.8. The monoisotopic (exact) mass is 504 g/mol. The summed E-state index contributed by atoms with van der Waals surface area (Å²) in [4.78, 5) is 4.58. The Hall–Kier alpha value is -1.91. The molecule has 28 heavy (non-hydrogen) atoms. The van der Waals surface area contributed by atoms with Crippen molar-refractivity contribution in [3.05, 3.63) is 41.7 Å². The van der Waals surface area contributed by atoms with Gasteiger partial charge in [-0.2, -0.15) is 0 Å². The normalized spacial score (nSPS) is 12.2. The number of aromatic nitrogens is 3. The summed E-state index contributed by atoms with van der Waals surface area (Å²) >= 11 is 0. The number of rotatable bonds is 9. The van der Waals surface area contributed by atoms with Crippen molar-refractivity contribution >= 4 is 29.9 Å². The molecule has 0 fully saturated rings. The predicted octanol–water partition coefficient (Wildman–Crippen LogP) is 3.18. The van der Waals surface area contributed by atoms with E-state index in [4.69, 9.17) is 4.74 Å². The molecule has 0 amide bonds. The minimum absolute atomic E-state index is 0. The Morgan fingerprint density at radius 2 is 2.04 bits per heavy atom. The van der Waals surface area contributed by atoms with Crippen molar-refractivity contribution in [3.63, 3.8) is 0 Å². The van der Waals surface area contributed by atoms with E-state index in [0.717, 1.165) is 31.0 Å². The zero-order valence-electron chi connectivity index (χ0n) is 16.9. The Labute approximate surface area is 183 Å². The number of halogens is 2. The summed E-state index contributed by atoms with van der Waals surface area (Å²) < 4.78 is 21.3. The van der Waals surface area contributed by atoms with Gasteiger partial charge in [-0.25, -0.2) is 9.38 Å². The highest BCUT2D eigenvalue weighted by molar-refractivity contribution is 14.0. The van der Waals surface area contributed by atoms with Crippen LogP contribution >= 0.6 is 24.0 Å². The molecule has 0 saturated carbocycles. The van der Waals surface area contributed by atoms with Crippen LogP contribution in [0.25, 0.3) is 0 Å². The Morgan fingerprint density at radius 3 is 2.68 bits per heavy atom. The molecule has 1 aromatic carbocycles.